The number of hydrogen-bond donors (Lipinski definition) is 0. The zero-order valence-electron chi connectivity index (χ0n) is 21.4. The summed E-state index contributed by atoms with van der Waals surface area (Å²) in [5, 5.41) is 0. The van der Waals surface area contributed by atoms with Crippen LogP contribution in [0.2, 0.25) is 0 Å². The van der Waals surface area contributed by atoms with Crippen LogP contribution in [-0.4, -0.2) is 90.4 Å². The van der Waals surface area contributed by atoms with E-state index in [0.717, 1.165) is 37.1 Å². The number of nitrogens with zero attached hydrogens (tertiary/aromatic N) is 3. The maximum atomic E-state index is 13.7. The van der Waals surface area contributed by atoms with Gasteiger partial charge >= 0.3 is 5.97 Å². The number of piperidine rings is 3. The zero-order chi connectivity index (χ0) is 25.1. The summed E-state index contributed by atoms with van der Waals surface area (Å²) in [6, 6.07) is 18.8. The second-order valence-corrected chi connectivity index (χ2v) is 10.6. The molecule has 4 saturated heterocycles. The minimum Gasteiger partial charge on any atom is -1.00 e. The minimum atomic E-state index is -0.491. The molecule has 0 aromatic heterocycles. The lowest BCUT2D eigenvalue weighted by molar-refractivity contribution is -0.938. The number of Topliss-reactive ketones (excluding diaryl/α,β-unsaturated/α-hetero) is 1. The lowest BCUT2D eigenvalue weighted by atomic mass is 9.82. The third kappa shape index (κ3) is 6.06. The van der Waals surface area contributed by atoms with Crippen LogP contribution in [0, 0.1) is 5.92 Å². The summed E-state index contributed by atoms with van der Waals surface area (Å²) in [6.07, 6.45) is 1.79. The molecule has 6 rings (SSSR count). The van der Waals surface area contributed by atoms with Crippen LogP contribution in [0.15, 0.2) is 60.7 Å². The Morgan fingerprint density at radius 3 is 2.11 bits per heavy atom. The van der Waals surface area contributed by atoms with E-state index in [4.69, 9.17) is 4.74 Å². The molecule has 4 heterocycles. The first-order valence-electron chi connectivity index (χ1n) is 13.1. The van der Waals surface area contributed by atoms with Crippen LogP contribution < -0.4 is 12.4 Å². The molecule has 37 heavy (non-hydrogen) atoms. The number of rotatable bonds is 7. The van der Waals surface area contributed by atoms with Crippen molar-refractivity contribution in [1.82, 2.24) is 9.80 Å². The molecule has 198 valence electrons. The van der Waals surface area contributed by atoms with Gasteiger partial charge in [0.05, 0.1) is 13.1 Å². The summed E-state index contributed by atoms with van der Waals surface area (Å²) in [5.41, 5.74) is 1.67. The van der Waals surface area contributed by atoms with Crippen molar-refractivity contribution >= 4 is 17.7 Å². The number of fused-ring (bicyclic) bond motifs is 3. The number of quaternary nitrogens is 1. The average molecular weight is 526 g/mol. The first-order valence-corrected chi connectivity index (χ1v) is 13.1. The Hall–Kier alpha value is -2.74. The number of carbonyl (C=O) groups excluding carboxylic acids is 3. The zero-order valence-corrected chi connectivity index (χ0v) is 22.2. The van der Waals surface area contributed by atoms with E-state index in [9.17, 15) is 14.4 Å². The fraction of sp³-hybridized carbons (Fsp3) is 0.483. The standard InChI is InChI=1S/C29H36N3O4.ClH/c1-22(33)30-14-16-31(17-15-30)28(25-10-6-3-7-11-25)29(35)36-27-21-32(18-12-24(27)13-19-32)20-26(34)23-8-4-2-5-9-23;/h2-11,24,27-28H,12-21H2,1H3;1H/q+1;/p-1/t24?,27-,28?,32?;/m0./s1. The highest BCUT2D eigenvalue weighted by Gasteiger charge is 2.49. The maximum Gasteiger partial charge on any atom is 0.328 e. The summed E-state index contributed by atoms with van der Waals surface area (Å²) >= 11 is 0. The average Bonchev–Trinajstić information content (AvgIpc) is 2.90. The van der Waals surface area contributed by atoms with E-state index in [0.29, 0.717) is 49.7 Å². The van der Waals surface area contributed by atoms with Crippen molar-refractivity contribution < 1.29 is 36.0 Å². The molecular formula is C29H36ClN3O4. The molecule has 8 heteroatoms. The van der Waals surface area contributed by atoms with Crippen LogP contribution in [0.1, 0.15) is 41.7 Å². The quantitative estimate of drug-likeness (QED) is 0.288. The topological polar surface area (TPSA) is 66.9 Å². The van der Waals surface area contributed by atoms with Crippen molar-refractivity contribution in [2.45, 2.75) is 31.9 Å². The number of benzene rings is 2. The van der Waals surface area contributed by atoms with E-state index in [-0.39, 0.29) is 36.2 Å². The predicted molar refractivity (Wildman–Crippen MR) is 136 cm³/mol. The normalized spacial score (nSPS) is 26.1. The first-order chi connectivity index (χ1) is 17.4. The predicted octanol–water partition coefficient (Wildman–Crippen LogP) is -0.0691. The van der Waals surface area contributed by atoms with Gasteiger partial charge in [0.2, 0.25) is 11.7 Å². The third-order valence-electron chi connectivity index (χ3n) is 8.35. The van der Waals surface area contributed by atoms with Crippen molar-refractivity contribution in [2.75, 3.05) is 52.4 Å². The van der Waals surface area contributed by atoms with Gasteiger partial charge in [-0.2, -0.15) is 0 Å². The third-order valence-corrected chi connectivity index (χ3v) is 8.35. The van der Waals surface area contributed by atoms with E-state index < -0.39 is 6.04 Å². The van der Waals surface area contributed by atoms with Gasteiger partial charge in [0.15, 0.2) is 6.10 Å². The smallest absolute Gasteiger partial charge is 0.328 e. The molecular weight excluding hydrogens is 490 g/mol. The van der Waals surface area contributed by atoms with Gasteiger partial charge in [0.25, 0.3) is 0 Å². The van der Waals surface area contributed by atoms with Crippen LogP contribution in [-0.2, 0) is 14.3 Å². The van der Waals surface area contributed by atoms with Gasteiger partial charge in [0.1, 0.15) is 19.1 Å². The van der Waals surface area contributed by atoms with Crippen molar-refractivity contribution in [3.63, 3.8) is 0 Å². The van der Waals surface area contributed by atoms with Crippen LogP contribution in [0.3, 0.4) is 0 Å². The molecule has 4 fully saturated rings. The Morgan fingerprint density at radius 2 is 1.51 bits per heavy atom. The van der Waals surface area contributed by atoms with Gasteiger partial charge in [-0.15, -0.1) is 0 Å². The molecule has 0 spiro atoms. The SMILES string of the molecule is CC(=O)N1CCN(C(C(=O)O[C@H]2C[N+]3(CC(=O)c4ccccc4)CCC2CC3)c2ccccc2)CC1.[Cl-]. The molecule has 1 amide bonds. The Kier molecular flexibility index (Phi) is 8.67. The molecule has 4 aliphatic heterocycles. The number of hydrogen-bond acceptors (Lipinski definition) is 5. The van der Waals surface area contributed by atoms with Crippen molar-refractivity contribution in [2.24, 2.45) is 5.92 Å². The fourth-order valence-electron chi connectivity index (χ4n) is 6.24. The Morgan fingerprint density at radius 1 is 0.919 bits per heavy atom. The summed E-state index contributed by atoms with van der Waals surface area (Å²) in [5.74, 6) is 0.363. The molecule has 0 N–H and O–H groups in total. The number of ether oxygens (including phenoxy) is 1. The summed E-state index contributed by atoms with van der Waals surface area (Å²) in [6.45, 7) is 7.17. The largest absolute Gasteiger partial charge is 1.00 e. The van der Waals surface area contributed by atoms with E-state index in [2.05, 4.69) is 4.90 Å². The maximum absolute atomic E-state index is 13.7. The number of amides is 1. The second kappa shape index (κ2) is 11.8. The molecule has 2 aromatic rings. The van der Waals surface area contributed by atoms with Gasteiger partial charge in [0, 0.05) is 57.4 Å². The van der Waals surface area contributed by atoms with Gasteiger partial charge in [-0.3, -0.25) is 14.5 Å². The highest BCUT2D eigenvalue weighted by atomic mass is 35.5. The molecule has 0 radical (unpaired) electrons. The molecule has 0 saturated carbocycles. The number of halogens is 1. The van der Waals surface area contributed by atoms with Gasteiger partial charge in [-0.05, 0) is 5.56 Å². The monoisotopic (exact) mass is 525 g/mol. The number of ketones is 1. The summed E-state index contributed by atoms with van der Waals surface area (Å²) < 4.78 is 7.00. The van der Waals surface area contributed by atoms with E-state index in [1.807, 2.05) is 65.6 Å². The molecule has 2 atom stereocenters. The first kappa shape index (κ1) is 27.3. The Labute approximate surface area is 225 Å². The van der Waals surface area contributed by atoms with E-state index >= 15 is 0 Å². The molecule has 0 aliphatic carbocycles. The van der Waals surface area contributed by atoms with Gasteiger partial charge in [-0.1, -0.05) is 60.7 Å². The highest BCUT2D eigenvalue weighted by molar-refractivity contribution is 5.97. The summed E-state index contributed by atoms with van der Waals surface area (Å²) in [4.78, 5) is 42.5. The molecule has 2 aromatic carbocycles. The van der Waals surface area contributed by atoms with Crippen molar-refractivity contribution in [1.29, 1.82) is 0 Å². The van der Waals surface area contributed by atoms with Crippen LogP contribution in [0.25, 0.3) is 0 Å². The van der Waals surface area contributed by atoms with Crippen LogP contribution in [0.5, 0.6) is 0 Å². The van der Waals surface area contributed by atoms with Crippen molar-refractivity contribution in [3.8, 4) is 0 Å². The van der Waals surface area contributed by atoms with Gasteiger partial charge < -0.3 is 26.5 Å². The number of carbonyl (C=O) groups is 3. The highest BCUT2D eigenvalue weighted by Crippen LogP contribution is 2.37. The van der Waals surface area contributed by atoms with E-state index in [1.165, 1.54) is 0 Å². The van der Waals surface area contributed by atoms with E-state index in [1.54, 1.807) is 6.92 Å². The molecule has 4 aliphatic rings. The Balaban J connectivity index is 0.00000320. The minimum absolute atomic E-state index is 0. The Bertz CT molecular complexity index is 1080. The fourth-order valence-corrected chi connectivity index (χ4v) is 6.24. The van der Waals surface area contributed by atoms with Crippen LogP contribution >= 0.6 is 0 Å². The number of piperazine rings is 1. The number of esters is 1. The summed E-state index contributed by atoms with van der Waals surface area (Å²) in [7, 11) is 0. The lowest BCUT2D eigenvalue weighted by Crippen LogP contribution is -3.00. The van der Waals surface area contributed by atoms with Crippen molar-refractivity contribution in [3.05, 3.63) is 71.8 Å². The lowest BCUT2D eigenvalue weighted by Gasteiger charge is -2.52. The second-order valence-electron chi connectivity index (χ2n) is 10.6. The molecule has 2 bridgehead atoms. The van der Waals surface area contributed by atoms with Gasteiger partial charge in [-0.25, -0.2) is 4.79 Å². The van der Waals surface area contributed by atoms with Crippen LogP contribution in [0.4, 0.5) is 0 Å². The molecule has 7 nitrogen and oxygen atoms in total. The molecule has 1 unspecified atom stereocenters.